The first kappa shape index (κ1) is 14.9. The minimum atomic E-state index is -0.824. The molecular formula is C12H15BrFNO3. The lowest BCUT2D eigenvalue weighted by Gasteiger charge is -2.15. The summed E-state index contributed by atoms with van der Waals surface area (Å²) in [5.74, 6) is -1.48. The highest BCUT2D eigenvalue weighted by Crippen LogP contribution is 2.34. The maximum absolute atomic E-state index is 13.5. The molecule has 1 aliphatic heterocycles. The zero-order chi connectivity index (χ0) is 12.4. The van der Waals surface area contributed by atoms with Gasteiger partial charge in [-0.2, -0.15) is 0 Å². The molecule has 1 aromatic carbocycles. The number of para-hydroxylation sites is 1. The van der Waals surface area contributed by atoms with E-state index >= 15 is 0 Å². The maximum Gasteiger partial charge on any atom is 0.307 e. The fourth-order valence-corrected chi connectivity index (χ4v) is 2.18. The van der Waals surface area contributed by atoms with Crippen LogP contribution < -0.4 is 10.1 Å². The van der Waals surface area contributed by atoms with Gasteiger partial charge in [-0.15, -0.1) is 17.0 Å². The molecule has 2 atom stereocenters. The van der Waals surface area contributed by atoms with Crippen LogP contribution in [0.4, 0.5) is 4.39 Å². The summed E-state index contributed by atoms with van der Waals surface area (Å²) in [6.45, 7) is 0.402. The molecule has 0 aromatic heterocycles. The third-order valence-corrected chi connectivity index (χ3v) is 3.06. The summed E-state index contributed by atoms with van der Waals surface area (Å²) in [7, 11) is 1.41. The third-order valence-electron chi connectivity index (χ3n) is 3.06. The van der Waals surface area contributed by atoms with Gasteiger partial charge in [0, 0.05) is 18.2 Å². The molecule has 0 bridgehead atoms. The topological polar surface area (TPSA) is 58.6 Å². The largest absolute Gasteiger partial charge is 0.493 e. The molecule has 0 saturated carbocycles. The molecule has 6 heteroatoms. The highest BCUT2D eigenvalue weighted by Gasteiger charge is 2.32. The van der Waals surface area contributed by atoms with Crippen molar-refractivity contribution < 1.29 is 19.0 Å². The summed E-state index contributed by atoms with van der Waals surface area (Å²) < 4.78 is 18.5. The van der Waals surface area contributed by atoms with Gasteiger partial charge < -0.3 is 15.2 Å². The quantitative estimate of drug-likeness (QED) is 0.896. The number of nitrogens with one attached hydrogen (secondary N) is 1. The first-order valence-corrected chi connectivity index (χ1v) is 5.42. The number of carbonyl (C=O) groups is 1. The summed E-state index contributed by atoms with van der Waals surface area (Å²) in [4.78, 5) is 10.9. The van der Waals surface area contributed by atoms with Gasteiger partial charge in [-0.05, 0) is 12.5 Å². The first-order valence-electron chi connectivity index (χ1n) is 5.42. The Hall–Kier alpha value is -1.14. The van der Waals surface area contributed by atoms with Gasteiger partial charge >= 0.3 is 5.97 Å². The number of hydrogen-bond acceptors (Lipinski definition) is 3. The van der Waals surface area contributed by atoms with Crippen LogP contribution in [0.1, 0.15) is 18.0 Å². The van der Waals surface area contributed by atoms with E-state index in [1.54, 1.807) is 12.1 Å². The zero-order valence-corrected chi connectivity index (χ0v) is 11.6. The van der Waals surface area contributed by atoms with E-state index in [1.807, 2.05) is 0 Å². The average Bonchev–Trinajstić information content (AvgIpc) is 2.77. The van der Waals surface area contributed by atoms with Gasteiger partial charge in [-0.1, -0.05) is 12.1 Å². The minimum Gasteiger partial charge on any atom is -0.493 e. The van der Waals surface area contributed by atoms with Crippen LogP contribution in [0.25, 0.3) is 0 Å². The van der Waals surface area contributed by atoms with E-state index < -0.39 is 17.7 Å². The number of rotatable bonds is 3. The summed E-state index contributed by atoms with van der Waals surface area (Å²) in [5, 5.41) is 12.0. The highest BCUT2D eigenvalue weighted by molar-refractivity contribution is 8.93. The Kier molecular flexibility index (Phi) is 5.10. The van der Waals surface area contributed by atoms with E-state index in [4.69, 9.17) is 9.84 Å². The van der Waals surface area contributed by atoms with Crippen molar-refractivity contribution in [1.29, 1.82) is 0 Å². The summed E-state index contributed by atoms with van der Waals surface area (Å²) in [5.41, 5.74) is 0.677. The van der Waals surface area contributed by atoms with Crippen molar-refractivity contribution in [2.45, 2.75) is 12.5 Å². The fourth-order valence-electron chi connectivity index (χ4n) is 2.18. The summed E-state index contributed by atoms with van der Waals surface area (Å²) in [6, 6.07) is 4.51. The average molecular weight is 320 g/mol. The lowest BCUT2D eigenvalue weighted by Crippen LogP contribution is -2.17. The van der Waals surface area contributed by atoms with Gasteiger partial charge in [-0.3, -0.25) is 4.79 Å². The molecule has 0 spiro atoms. The number of hydrogen-bond donors (Lipinski definition) is 2. The van der Waals surface area contributed by atoms with Gasteiger partial charge in [0.05, 0.1) is 13.0 Å². The molecule has 4 nitrogen and oxygen atoms in total. The smallest absolute Gasteiger partial charge is 0.307 e. The Labute approximate surface area is 115 Å². The number of carboxylic acids is 1. The molecule has 100 valence electrons. The van der Waals surface area contributed by atoms with Crippen molar-refractivity contribution in [3.8, 4) is 5.75 Å². The monoisotopic (exact) mass is 319 g/mol. The number of ether oxygens (including phenoxy) is 1. The predicted octanol–water partition coefficient (Wildman–Crippen LogP) is 2.15. The Morgan fingerprint density at radius 1 is 1.56 bits per heavy atom. The molecule has 2 N–H and O–H groups in total. The molecule has 1 aromatic rings. The second kappa shape index (κ2) is 6.15. The van der Waals surface area contributed by atoms with Gasteiger partial charge in [0.2, 0.25) is 0 Å². The number of methoxy groups -OCH3 is 1. The van der Waals surface area contributed by atoms with E-state index in [0.717, 1.165) is 0 Å². The van der Waals surface area contributed by atoms with Gasteiger partial charge in [0.15, 0.2) is 11.6 Å². The van der Waals surface area contributed by atoms with Crippen molar-refractivity contribution in [2.75, 3.05) is 13.7 Å². The maximum atomic E-state index is 13.5. The molecule has 1 heterocycles. The molecular weight excluding hydrogens is 305 g/mol. The molecule has 0 amide bonds. The molecule has 1 saturated heterocycles. The Balaban J connectivity index is 0.00000162. The van der Waals surface area contributed by atoms with E-state index in [2.05, 4.69) is 5.32 Å². The van der Waals surface area contributed by atoms with Crippen LogP contribution in [0.3, 0.4) is 0 Å². The molecule has 0 aliphatic carbocycles. The number of carboxylic acid groups (broad SMARTS) is 1. The van der Waals surface area contributed by atoms with Crippen LogP contribution >= 0.6 is 17.0 Å². The normalized spacial score (nSPS) is 22.3. The molecule has 0 radical (unpaired) electrons. The highest BCUT2D eigenvalue weighted by atomic mass is 79.9. The molecule has 2 rings (SSSR count). The predicted molar refractivity (Wildman–Crippen MR) is 69.8 cm³/mol. The lowest BCUT2D eigenvalue weighted by atomic mass is 9.99. The standard InChI is InChI=1S/C12H14FNO3.BrH/c1-17-11-8(3-2-4-9(11)13)10-5-7(6-14-10)12(15)16;/h2-4,7,10,14H,5-6H2,1H3,(H,15,16);1H. The minimum absolute atomic E-state index is 0. The van der Waals surface area contributed by atoms with E-state index in [9.17, 15) is 9.18 Å². The number of benzene rings is 1. The van der Waals surface area contributed by atoms with E-state index in [0.29, 0.717) is 18.5 Å². The number of aliphatic carboxylic acids is 1. The SMILES string of the molecule is Br.COc1c(F)cccc1C1CC(C(=O)O)CN1. The third kappa shape index (κ3) is 2.81. The Morgan fingerprint density at radius 2 is 2.28 bits per heavy atom. The van der Waals surface area contributed by atoms with Crippen LogP contribution in [0.5, 0.6) is 5.75 Å². The van der Waals surface area contributed by atoms with Crippen molar-refractivity contribution in [3.63, 3.8) is 0 Å². The van der Waals surface area contributed by atoms with Crippen LogP contribution in [-0.4, -0.2) is 24.7 Å². The Morgan fingerprint density at radius 3 is 2.83 bits per heavy atom. The molecule has 18 heavy (non-hydrogen) atoms. The zero-order valence-electron chi connectivity index (χ0n) is 9.85. The van der Waals surface area contributed by atoms with E-state index in [1.165, 1.54) is 13.2 Å². The molecule has 1 fully saturated rings. The Bertz CT molecular complexity index is 441. The van der Waals surface area contributed by atoms with Crippen LogP contribution in [0.15, 0.2) is 18.2 Å². The van der Waals surface area contributed by atoms with Crippen molar-refractivity contribution in [2.24, 2.45) is 5.92 Å². The van der Waals surface area contributed by atoms with Crippen LogP contribution in [0.2, 0.25) is 0 Å². The van der Waals surface area contributed by atoms with Gasteiger partial charge in [0.25, 0.3) is 0 Å². The second-order valence-electron chi connectivity index (χ2n) is 4.09. The van der Waals surface area contributed by atoms with Crippen LogP contribution in [0, 0.1) is 11.7 Å². The fraction of sp³-hybridized carbons (Fsp3) is 0.417. The van der Waals surface area contributed by atoms with Crippen molar-refractivity contribution in [1.82, 2.24) is 5.32 Å². The number of halogens is 2. The van der Waals surface area contributed by atoms with Crippen LogP contribution in [-0.2, 0) is 4.79 Å². The first-order chi connectivity index (χ1) is 8.13. The molecule has 1 aliphatic rings. The van der Waals surface area contributed by atoms with Crippen molar-refractivity contribution >= 4 is 23.0 Å². The second-order valence-corrected chi connectivity index (χ2v) is 4.09. The summed E-state index contributed by atoms with van der Waals surface area (Å²) in [6.07, 6.45) is 0.454. The molecule has 2 unspecified atom stereocenters. The van der Waals surface area contributed by atoms with Crippen molar-refractivity contribution in [3.05, 3.63) is 29.6 Å². The van der Waals surface area contributed by atoms with Gasteiger partial charge in [0.1, 0.15) is 0 Å². The van der Waals surface area contributed by atoms with Gasteiger partial charge in [-0.25, -0.2) is 4.39 Å². The lowest BCUT2D eigenvalue weighted by molar-refractivity contribution is -0.141. The summed E-state index contributed by atoms with van der Waals surface area (Å²) >= 11 is 0. The van der Waals surface area contributed by atoms with E-state index in [-0.39, 0.29) is 28.8 Å².